The highest BCUT2D eigenvalue weighted by Gasteiger charge is 2.26. The second-order valence-corrected chi connectivity index (χ2v) is 4.80. The number of halogens is 6. The quantitative estimate of drug-likeness (QED) is 0.478. The van der Waals surface area contributed by atoms with E-state index >= 15 is 0 Å². The predicted octanol–water partition coefficient (Wildman–Crippen LogP) is 2.23. The van der Waals surface area contributed by atoms with Crippen molar-refractivity contribution >= 4 is 29.6 Å². The fraction of sp³-hybridized carbons (Fsp3) is 1.00. The second kappa shape index (κ2) is 5.00. The van der Waals surface area contributed by atoms with Crippen molar-refractivity contribution in [1.29, 1.82) is 0 Å². The first-order valence-corrected chi connectivity index (χ1v) is 4.97. The zero-order valence-corrected chi connectivity index (χ0v) is 7.03. The van der Waals surface area contributed by atoms with Gasteiger partial charge in [-0.15, -0.1) is 0 Å². The first-order valence-electron chi connectivity index (χ1n) is 1.83. The SMILES string of the molecule is FCC(F)(F)F.O=S(=O)(Cl)Cl. The zero-order valence-electron chi connectivity index (χ0n) is 4.70. The molecule has 0 spiro atoms. The average Bonchev–Trinajstić information content (AvgIpc) is 1.59. The highest BCUT2D eigenvalue weighted by atomic mass is 36.0. The summed E-state index contributed by atoms with van der Waals surface area (Å²) in [5.41, 5.74) is 0. The Labute approximate surface area is 69.0 Å². The van der Waals surface area contributed by atoms with Gasteiger partial charge in [-0.1, -0.05) is 0 Å². The Kier molecular flexibility index (Phi) is 6.27. The molecule has 0 atom stereocenters. The van der Waals surface area contributed by atoms with Gasteiger partial charge in [-0.25, -0.2) is 4.39 Å². The van der Waals surface area contributed by atoms with Crippen molar-refractivity contribution in [3.05, 3.63) is 0 Å². The normalized spacial score (nSPS) is 11.8. The number of rotatable bonds is 0. The van der Waals surface area contributed by atoms with Gasteiger partial charge in [-0.05, 0) is 0 Å². The molecule has 0 unspecified atom stereocenters. The Morgan fingerprint density at radius 1 is 1.18 bits per heavy atom. The van der Waals surface area contributed by atoms with E-state index in [9.17, 15) is 17.6 Å². The fourth-order valence-electron chi connectivity index (χ4n) is 0. The summed E-state index contributed by atoms with van der Waals surface area (Å²) in [5.74, 6) is 0. The molecule has 0 aliphatic rings. The van der Waals surface area contributed by atoms with Crippen LogP contribution in [0, 0.1) is 0 Å². The molecule has 0 bridgehead atoms. The van der Waals surface area contributed by atoms with Crippen molar-refractivity contribution < 1.29 is 26.0 Å². The number of alkyl halides is 4. The molecule has 0 aromatic carbocycles. The third kappa shape index (κ3) is 66.0. The largest absolute Gasteiger partial charge is 0.416 e. The van der Waals surface area contributed by atoms with Crippen molar-refractivity contribution in [2.45, 2.75) is 6.18 Å². The molecule has 0 aliphatic heterocycles. The van der Waals surface area contributed by atoms with Crippen LogP contribution in [-0.4, -0.2) is 21.3 Å². The maximum atomic E-state index is 10.4. The molecule has 0 aliphatic carbocycles. The van der Waals surface area contributed by atoms with Crippen LogP contribution < -0.4 is 0 Å². The summed E-state index contributed by atoms with van der Waals surface area (Å²) in [6.07, 6.45) is -4.62. The maximum Gasteiger partial charge on any atom is 0.416 e. The van der Waals surface area contributed by atoms with Crippen LogP contribution in [0.3, 0.4) is 0 Å². The van der Waals surface area contributed by atoms with Crippen LogP contribution in [0.2, 0.25) is 0 Å². The lowest BCUT2D eigenvalue weighted by molar-refractivity contribution is -0.142. The Morgan fingerprint density at radius 3 is 1.27 bits per heavy atom. The second-order valence-electron chi connectivity index (χ2n) is 1.13. The lowest BCUT2D eigenvalue weighted by Gasteiger charge is -1.93. The predicted molar refractivity (Wildman–Crippen MR) is 32.7 cm³/mol. The van der Waals surface area contributed by atoms with Gasteiger partial charge in [0.25, 0.3) is 0 Å². The van der Waals surface area contributed by atoms with Gasteiger partial charge < -0.3 is 0 Å². The van der Waals surface area contributed by atoms with Crippen molar-refractivity contribution in [1.82, 2.24) is 0 Å². The van der Waals surface area contributed by atoms with Gasteiger partial charge in [0.1, 0.15) is 0 Å². The summed E-state index contributed by atoms with van der Waals surface area (Å²) in [6.45, 7) is -2.23. The molecule has 0 aromatic heterocycles. The Hall–Kier alpha value is 0.250. The summed E-state index contributed by atoms with van der Waals surface area (Å²) in [6, 6.07) is 0. The fourth-order valence-corrected chi connectivity index (χ4v) is 0. The monoisotopic (exact) mass is 236 g/mol. The molecule has 0 N–H and O–H groups in total. The van der Waals surface area contributed by atoms with Gasteiger partial charge in [-0.2, -0.15) is 21.6 Å². The van der Waals surface area contributed by atoms with E-state index in [1.807, 2.05) is 0 Å². The van der Waals surface area contributed by atoms with Gasteiger partial charge in [-0.3, -0.25) is 0 Å². The summed E-state index contributed by atoms with van der Waals surface area (Å²) >= 11 is 0. The third-order valence-electron chi connectivity index (χ3n) is 0.152. The number of hydrogen-bond donors (Lipinski definition) is 0. The highest BCUT2D eigenvalue weighted by molar-refractivity contribution is 8.31. The first kappa shape index (κ1) is 13.8. The molecule has 11 heavy (non-hydrogen) atoms. The molecule has 0 aromatic rings. The standard InChI is InChI=1S/C2H2F4.Cl2O2S/c3-1-2(4,5)6;1-5(2,3)4/h1H2;. The molecule has 0 heterocycles. The molecule has 2 nitrogen and oxygen atoms in total. The smallest absolute Gasteiger partial charge is 0.241 e. The Bertz CT molecular complexity index is 177. The van der Waals surface area contributed by atoms with Crippen molar-refractivity contribution in [3.8, 4) is 0 Å². The Balaban J connectivity index is 0. The van der Waals surface area contributed by atoms with Crippen LogP contribution in [0.15, 0.2) is 0 Å². The van der Waals surface area contributed by atoms with Gasteiger partial charge in [0.2, 0.25) is 0 Å². The zero-order chi connectivity index (χ0) is 9.71. The van der Waals surface area contributed by atoms with Crippen LogP contribution in [0.1, 0.15) is 0 Å². The minimum absolute atomic E-state index is 2.23. The molecule has 0 fully saturated rings. The molecule has 0 saturated heterocycles. The summed E-state index contributed by atoms with van der Waals surface area (Å²) in [7, 11) is 4.81. The maximum absolute atomic E-state index is 10.4. The summed E-state index contributed by atoms with van der Waals surface area (Å²) in [5, 5.41) is 0. The van der Waals surface area contributed by atoms with E-state index in [2.05, 4.69) is 21.4 Å². The van der Waals surface area contributed by atoms with Crippen LogP contribution in [0.4, 0.5) is 17.6 Å². The third-order valence-corrected chi connectivity index (χ3v) is 0.152. The topological polar surface area (TPSA) is 34.1 Å². The van der Waals surface area contributed by atoms with Crippen LogP contribution in [0.25, 0.3) is 0 Å². The van der Waals surface area contributed by atoms with E-state index in [0.29, 0.717) is 0 Å². The number of hydrogen-bond acceptors (Lipinski definition) is 2. The minimum atomic E-state index is -4.62. The molecular weight excluding hydrogens is 235 g/mol. The van der Waals surface area contributed by atoms with E-state index in [1.54, 1.807) is 0 Å². The van der Waals surface area contributed by atoms with Crippen LogP contribution in [0.5, 0.6) is 0 Å². The van der Waals surface area contributed by atoms with Crippen molar-refractivity contribution in [3.63, 3.8) is 0 Å². The highest BCUT2D eigenvalue weighted by Crippen LogP contribution is 2.13. The summed E-state index contributed by atoms with van der Waals surface area (Å²) in [4.78, 5) is 0. The minimum Gasteiger partial charge on any atom is -0.241 e. The first-order chi connectivity index (χ1) is 4.56. The molecule has 0 radical (unpaired) electrons. The van der Waals surface area contributed by atoms with Gasteiger partial charge in [0, 0.05) is 21.4 Å². The molecule has 0 amide bonds. The lowest BCUT2D eigenvalue weighted by atomic mass is 10.8. The van der Waals surface area contributed by atoms with Crippen LogP contribution in [-0.2, 0) is 8.26 Å². The van der Waals surface area contributed by atoms with E-state index in [4.69, 9.17) is 8.42 Å². The summed E-state index contributed by atoms with van der Waals surface area (Å²) < 4.78 is 59.9. The van der Waals surface area contributed by atoms with Gasteiger partial charge in [0.05, 0.1) is 0 Å². The Morgan fingerprint density at radius 2 is 1.27 bits per heavy atom. The van der Waals surface area contributed by atoms with Crippen LogP contribution >= 0.6 is 21.4 Å². The van der Waals surface area contributed by atoms with E-state index < -0.39 is 21.1 Å². The van der Waals surface area contributed by atoms with Gasteiger partial charge in [0.15, 0.2) is 6.67 Å². The average molecular weight is 237 g/mol. The van der Waals surface area contributed by atoms with E-state index in [0.717, 1.165) is 0 Å². The van der Waals surface area contributed by atoms with Crippen molar-refractivity contribution in [2.75, 3.05) is 6.67 Å². The van der Waals surface area contributed by atoms with Gasteiger partial charge >= 0.3 is 14.4 Å². The molecule has 70 valence electrons. The molecule has 0 rings (SSSR count). The van der Waals surface area contributed by atoms with Crippen molar-refractivity contribution in [2.24, 2.45) is 0 Å². The van der Waals surface area contributed by atoms with E-state index in [1.165, 1.54) is 0 Å². The van der Waals surface area contributed by atoms with E-state index in [-0.39, 0.29) is 0 Å². The molecule has 0 saturated carbocycles. The lowest BCUT2D eigenvalue weighted by Crippen LogP contribution is -2.08. The molecular formula is C2H2Cl2F4O2S. The molecule has 9 heteroatoms.